The molecule has 0 bridgehead atoms. The molecule has 146 valence electrons. The number of benzene rings is 2. The minimum absolute atomic E-state index is 0.536. The second-order valence-corrected chi connectivity index (χ2v) is 7.04. The number of anilines is 3. The SMILES string of the molecule is CCN1CCN(c2cc(-c3ccccc3)nc(Nc3cccc(C#N)c3)n2)CC1. The summed E-state index contributed by atoms with van der Waals surface area (Å²) < 4.78 is 0. The Morgan fingerprint density at radius 2 is 1.76 bits per heavy atom. The normalized spacial score (nSPS) is 14.4. The number of nitrogens with one attached hydrogen (secondary N) is 1. The van der Waals surface area contributed by atoms with E-state index in [1.807, 2.05) is 30.3 Å². The smallest absolute Gasteiger partial charge is 0.229 e. The van der Waals surface area contributed by atoms with Crippen molar-refractivity contribution in [2.75, 3.05) is 42.9 Å². The number of likely N-dealkylation sites (N-methyl/N-ethyl adjacent to an activating group) is 1. The highest BCUT2D eigenvalue weighted by atomic mass is 15.3. The number of rotatable bonds is 5. The highest BCUT2D eigenvalue weighted by Crippen LogP contribution is 2.26. The van der Waals surface area contributed by atoms with Gasteiger partial charge in [-0.2, -0.15) is 10.2 Å². The van der Waals surface area contributed by atoms with Crippen LogP contribution >= 0.6 is 0 Å². The van der Waals surface area contributed by atoms with Gasteiger partial charge in [0.25, 0.3) is 0 Å². The molecule has 1 N–H and O–H groups in total. The third-order valence-corrected chi connectivity index (χ3v) is 5.17. The number of hydrogen-bond acceptors (Lipinski definition) is 6. The average molecular weight is 384 g/mol. The number of aromatic nitrogens is 2. The molecule has 0 atom stereocenters. The van der Waals surface area contributed by atoms with Crippen molar-refractivity contribution in [2.45, 2.75) is 6.92 Å². The molecule has 2 aromatic carbocycles. The van der Waals surface area contributed by atoms with Crippen LogP contribution in [-0.4, -0.2) is 47.6 Å². The van der Waals surface area contributed by atoms with Crippen molar-refractivity contribution in [3.05, 3.63) is 66.2 Å². The molecule has 1 aromatic heterocycles. The standard InChI is InChI=1S/C23H24N6/c1-2-28-11-13-29(14-12-28)22-16-21(19-8-4-3-5-9-19)26-23(27-22)25-20-10-6-7-18(15-20)17-24/h3-10,15-16H,2,11-14H2,1H3,(H,25,26,27). The molecule has 0 unspecified atom stereocenters. The molecule has 0 amide bonds. The van der Waals surface area contributed by atoms with Crippen molar-refractivity contribution in [3.63, 3.8) is 0 Å². The zero-order valence-corrected chi connectivity index (χ0v) is 16.5. The van der Waals surface area contributed by atoms with Gasteiger partial charge in [-0.1, -0.05) is 43.3 Å². The van der Waals surface area contributed by atoms with Gasteiger partial charge in [-0.15, -0.1) is 0 Å². The van der Waals surface area contributed by atoms with Gasteiger partial charge in [-0.25, -0.2) is 4.98 Å². The first kappa shape index (κ1) is 18.9. The van der Waals surface area contributed by atoms with Crippen molar-refractivity contribution in [1.82, 2.24) is 14.9 Å². The van der Waals surface area contributed by atoms with E-state index in [-0.39, 0.29) is 0 Å². The molecule has 0 aliphatic carbocycles. The average Bonchev–Trinajstić information content (AvgIpc) is 2.79. The first-order chi connectivity index (χ1) is 14.2. The Hall–Kier alpha value is -3.43. The lowest BCUT2D eigenvalue weighted by atomic mass is 10.1. The Morgan fingerprint density at radius 1 is 0.966 bits per heavy atom. The van der Waals surface area contributed by atoms with Gasteiger partial charge in [0.1, 0.15) is 5.82 Å². The quantitative estimate of drug-likeness (QED) is 0.720. The maximum Gasteiger partial charge on any atom is 0.229 e. The molecule has 0 saturated carbocycles. The van der Waals surface area contributed by atoms with Crippen molar-refractivity contribution in [3.8, 4) is 17.3 Å². The second-order valence-electron chi connectivity index (χ2n) is 7.04. The summed E-state index contributed by atoms with van der Waals surface area (Å²) >= 11 is 0. The van der Waals surface area contributed by atoms with Gasteiger partial charge in [0.05, 0.1) is 17.3 Å². The summed E-state index contributed by atoms with van der Waals surface area (Å²) in [6, 6.07) is 21.7. The van der Waals surface area contributed by atoms with Gasteiger partial charge in [-0.05, 0) is 24.7 Å². The van der Waals surface area contributed by atoms with Crippen LogP contribution in [0.3, 0.4) is 0 Å². The van der Waals surface area contributed by atoms with E-state index < -0.39 is 0 Å². The summed E-state index contributed by atoms with van der Waals surface area (Å²) in [5.74, 6) is 1.46. The van der Waals surface area contributed by atoms with Crippen molar-refractivity contribution < 1.29 is 0 Å². The predicted molar refractivity (Wildman–Crippen MR) is 116 cm³/mol. The van der Waals surface area contributed by atoms with E-state index in [4.69, 9.17) is 15.2 Å². The summed E-state index contributed by atoms with van der Waals surface area (Å²) in [6.45, 7) is 7.24. The van der Waals surface area contributed by atoms with Crippen LogP contribution in [0.1, 0.15) is 12.5 Å². The monoisotopic (exact) mass is 384 g/mol. The maximum atomic E-state index is 9.16. The van der Waals surface area contributed by atoms with Crippen molar-refractivity contribution in [2.24, 2.45) is 0 Å². The van der Waals surface area contributed by atoms with E-state index in [1.54, 1.807) is 12.1 Å². The molecule has 3 aromatic rings. The van der Waals surface area contributed by atoms with Crippen LogP contribution in [0.25, 0.3) is 11.3 Å². The third-order valence-electron chi connectivity index (χ3n) is 5.17. The molecule has 1 saturated heterocycles. The fourth-order valence-electron chi connectivity index (χ4n) is 3.50. The minimum Gasteiger partial charge on any atom is -0.354 e. The Kier molecular flexibility index (Phi) is 5.68. The fourth-order valence-corrected chi connectivity index (χ4v) is 3.50. The molecule has 1 aliphatic heterocycles. The van der Waals surface area contributed by atoms with Crippen LogP contribution in [0.4, 0.5) is 17.5 Å². The van der Waals surface area contributed by atoms with E-state index in [2.05, 4.69) is 46.3 Å². The van der Waals surface area contributed by atoms with Gasteiger partial charge in [0.2, 0.25) is 5.95 Å². The van der Waals surface area contributed by atoms with Crippen molar-refractivity contribution in [1.29, 1.82) is 5.26 Å². The molecule has 0 spiro atoms. The zero-order chi connectivity index (χ0) is 20.1. The molecular weight excluding hydrogens is 360 g/mol. The Morgan fingerprint density at radius 3 is 2.48 bits per heavy atom. The van der Waals surface area contributed by atoms with Crippen LogP contribution in [0.5, 0.6) is 0 Å². The largest absolute Gasteiger partial charge is 0.354 e. The number of piperazine rings is 1. The summed E-state index contributed by atoms with van der Waals surface area (Å²) in [5.41, 5.74) is 3.34. The number of nitriles is 1. The van der Waals surface area contributed by atoms with E-state index in [0.717, 1.165) is 55.5 Å². The van der Waals surface area contributed by atoms with Gasteiger partial charge in [-0.3, -0.25) is 0 Å². The molecular formula is C23H24N6. The van der Waals surface area contributed by atoms with Crippen molar-refractivity contribution >= 4 is 17.5 Å². The van der Waals surface area contributed by atoms with Gasteiger partial charge < -0.3 is 15.1 Å². The summed E-state index contributed by atoms with van der Waals surface area (Å²) in [7, 11) is 0. The zero-order valence-electron chi connectivity index (χ0n) is 16.5. The molecule has 6 nitrogen and oxygen atoms in total. The lowest BCUT2D eigenvalue weighted by molar-refractivity contribution is 0.270. The summed E-state index contributed by atoms with van der Waals surface area (Å²) in [5, 5.41) is 12.4. The topological polar surface area (TPSA) is 68.1 Å². The Bertz CT molecular complexity index is 1000. The molecule has 29 heavy (non-hydrogen) atoms. The fraction of sp³-hybridized carbons (Fsp3) is 0.261. The van der Waals surface area contributed by atoms with Crippen LogP contribution in [0, 0.1) is 11.3 Å². The molecule has 4 rings (SSSR count). The van der Waals surface area contributed by atoms with Crippen LogP contribution in [0.2, 0.25) is 0 Å². The number of nitrogens with zero attached hydrogens (tertiary/aromatic N) is 5. The predicted octanol–water partition coefficient (Wildman–Crippen LogP) is 3.90. The first-order valence-corrected chi connectivity index (χ1v) is 9.94. The summed E-state index contributed by atoms with van der Waals surface area (Å²) in [6.07, 6.45) is 0. The molecule has 1 fully saturated rings. The number of hydrogen-bond donors (Lipinski definition) is 1. The molecule has 2 heterocycles. The first-order valence-electron chi connectivity index (χ1n) is 9.94. The van der Waals surface area contributed by atoms with Crippen LogP contribution in [0.15, 0.2) is 60.7 Å². The summed E-state index contributed by atoms with van der Waals surface area (Å²) in [4.78, 5) is 14.3. The van der Waals surface area contributed by atoms with E-state index in [0.29, 0.717) is 11.5 Å². The van der Waals surface area contributed by atoms with E-state index >= 15 is 0 Å². The van der Waals surface area contributed by atoms with Gasteiger partial charge in [0, 0.05) is 43.5 Å². The minimum atomic E-state index is 0.536. The van der Waals surface area contributed by atoms with E-state index in [1.165, 1.54) is 0 Å². The molecule has 6 heteroatoms. The van der Waals surface area contributed by atoms with E-state index in [9.17, 15) is 0 Å². The van der Waals surface area contributed by atoms with Crippen LogP contribution < -0.4 is 10.2 Å². The molecule has 1 aliphatic rings. The Balaban J connectivity index is 1.67. The second kappa shape index (κ2) is 8.72. The van der Waals surface area contributed by atoms with Crippen LogP contribution in [-0.2, 0) is 0 Å². The maximum absolute atomic E-state index is 9.16. The van der Waals surface area contributed by atoms with Gasteiger partial charge in [0.15, 0.2) is 0 Å². The highest BCUT2D eigenvalue weighted by molar-refractivity contribution is 5.67. The lowest BCUT2D eigenvalue weighted by Gasteiger charge is -2.35. The van der Waals surface area contributed by atoms with Gasteiger partial charge >= 0.3 is 0 Å². The lowest BCUT2D eigenvalue weighted by Crippen LogP contribution is -2.46. The molecule has 0 radical (unpaired) electrons. The highest BCUT2D eigenvalue weighted by Gasteiger charge is 2.19. The Labute approximate surface area is 171 Å². The third kappa shape index (κ3) is 4.53.